The molecule has 0 bridgehead atoms. The minimum absolute atomic E-state index is 0.459. The molecule has 4 heteroatoms. The summed E-state index contributed by atoms with van der Waals surface area (Å²) >= 11 is 0. The van der Waals surface area contributed by atoms with Gasteiger partial charge in [-0.3, -0.25) is 0 Å². The SMILES string of the molecule is CC(C)C(C)Nc1ccc(OCCCCCCOc2ccc(NC(C)C(C)C)cc2)cc1. The summed E-state index contributed by atoms with van der Waals surface area (Å²) in [7, 11) is 0. The van der Waals surface area contributed by atoms with Crippen molar-refractivity contribution in [1.29, 1.82) is 0 Å². The molecule has 2 rings (SSSR count). The largest absolute Gasteiger partial charge is 0.494 e. The lowest BCUT2D eigenvalue weighted by molar-refractivity contribution is 0.287. The Kier molecular flexibility index (Phi) is 11.3. The predicted molar refractivity (Wildman–Crippen MR) is 138 cm³/mol. The molecule has 0 heterocycles. The average molecular weight is 441 g/mol. The van der Waals surface area contributed by atoms with Crippen LogP contribution in [-0.2, 0) is 0 Å². The van der Waals surface area contributed by atoms with E-state index in [-0.39, 0.29) is 0 Å². The van der Waals surface area contributed by atoms with Gasteiger partial charge in [0, 0.05) is 23.5 Å². The molecule has 0 aliphatic carbocycles. The Balaban J connectivity index is 1.52. The van der Waals surface area contributed by atoms with Crippen molar-refractivity contribution in [3.63, 3.8) is 0 Å². The van der Waals surface area contributed by atoms with E-state index in [1.54, 1.807) is 0 Å². The molecule has 4 nitrogen and oxygen atoms in total. The molecule has 32 heavy (non-hydrogen) atoms. The van der Waals surface area contributed by atoms with Crippen molar-refractivity contribution in [3.8, 4) is 11.5 Å². The first-order valence-electron chi connectivity index (χ1n) is 12.3. The highest BCUT2D eigenvalue weighted by molar-refractivity contribution is 5.47. The lowest BCUT2D eigenvalue weighted by atomic mass is 10.1. The zero-order valence-electron chi connectivity index (χ0n) is 21.0. The molecule has 2 aromatic carbocycles. The standard InChI is InChI=1S/C28H44N2O2/c1-21(2)23(5)29-25-11-15-27(16-12-25)31-19-9-7-8-10-20-32-28-17-13-26(14-18-28)30-24(6)22(3)4/h11-18,21-24,29-30H,7-10,19-20H2,1-6H3. The van der Waals surface area contributed by atoms with Gasteiger partial charge < -0.3 is 20.1 Å². The Morgan fingerprint density at radius 2 is 0.875 bits per heavy atom. The molecule has 0 saturated heterocycles. The maximum Gasteiger partial charge on any atom is 0.119 e. The Labute approximate surface area is 196 Å². The molecule has 0 aliphatic rings. The number of rotatable bonds is 15. The highest BCUT2D eigenvalue weighted by Gasteiger charge is 2.07. The number of unbranched alkanes of at least 4 members (excludes halogenated alkanes) is 3. The van der Waals surface area contributed by atoms with E-state index in [4.69, 9.17) is 9.47 Å². The van der Waals surface area contributed by atoms with E-state index in [0.717, 1.165) is 61.8 Å². The van der Waals surface area contributed by atoms with Gasteiger partial charge in [-0.05, 0) is 99.9 Å². The fourth-order valence-electron chi connectivity index (χ4n) is 3.09. The van der Waals surface area contributed by atoms with Gasteiger partial charge in [0.05, 0.1) is 13.2 Å². The van der Waals surface area contributed by atoms with Crippen molar-refractivity contribution in [1.82, 2.24) is 0 Å². The first kappa shape index (κ1) is 25.9. The zero-order valence-corrected chi connectivity index (χ0v) is 21.0. The smallest absolute Gasteiger partial charge is 0.119 e. The second-order valence-electron chi connectivity index (χ2n) is 9.51. The fraction of sp³-hybridized carbons (Fsp3) is 0.571. The highest BCUT2D eigenvalue weighted by Crippen LogP contribution is 2.20. The Morgan fingerprint density at radius 3 is 1.19 bits per heavy atom. The molecule has 2 atom stereocenters. The third-order valence-corrected chi connectivity index (χ3v) is 6.07. The number of nitrogens with one attached hydrogen (secondary N) is 2. The van der Waals surface area contributed by atoms with Gasteiger partial charge in [-0.2, -0.15) is 0 Å². The topological polar surface area (TPSA) is 42.5 Å². The number of ether oxygens (including phenoxy) is 2. The van der Waals surface area contributed by atoms with Gasteiger partial charge in [0.1, 0.15) is 11.5 Å². The van der Waals surface area contributed by atoms with Crippen LogP contribution in [0.2, 0.25) is 0 Å². The minimum atomic E-state index is 0.459. The second-order valence-corrected chi connectivity index (χ2v) is 9.51. The van der Waals surface area contributed by atoms with E-state index in [9.17, 15) is 0 Å². The molecule has 0 aromatic heterocycles. The molecule has 2 unspecified atom stereocenters. The van der Waals surface area contributed by atoms with Crippen molar-refractivity contribution < 1.29 is 9.47 Å². The summed E-state index contributed by atoms with van der Waals surface area (Å²) < 4.78 is 11.8. The van der Waals surface area contributed by atoms with Crippen molar-refractivity contribution in [2.24, 2.45) is 11.8 Å². The molecule has 0 amide bonds. The summed E-state index contributed by atoms with van der Waals surface area (Å²) in [5, 5.41) is 7.04. The highest BCUT2D eigenvalue weighted by atomic mass is 16.5. The lowest BCUT2D eigenvalue weighted by Gasteiger charge is -2.19. The van der Waals surface area contributed by atoms with E-state index in [1.807, 2.05) is 24.3 Å². The Morgan fingerprint density at radius 1 is 0.531 bits per heavy atom. The summed E-state index contributed by atoms with van der Waals surface area (Å²) in [5.41, 5.74) is 2.30. The van der Waals surface area contributed by atoms with Crippen LogP contribution in [0.15, 0.2) is 48.5 Å². The average Bonchev–Trinajstić information content (AvgIpc) is 2.77. The van der Waals surface area contributed by atoms with Crippen molar-refractivity contribution >= 4 is 11.4 Å². The van der Waals surface area contributed by atoms with Crippen molar-refractivity contribution in [3.05, 3.63) is 48.5 Å². The van der Waals surface area contributed by atoms with E-state index >= 15 is 0 Å². The van der Waals surface area contributed by atoms with Crippen LogP contribution in [0, 0.1) is 11.8 Å². The first-order valence-corrected chi connectivity index (χ1v) is 12.3. The number of hydrogen-bond donors (Lipinski definition) is 2. The summed E-state index contributed by atoms with van der Waals surface area (Å²) in [6.07, 6.45) is 4.45. The fourth-order valence-corrected chi connectivity index (χ4v) is 3.09. The summed E-state index contributed by atoms with van der Waals surface area (Å²) in [6.45, 7) is 14.9. The predicted octanol–water partition coefficient (Wildman–Crippen LogP) is 7.62. The maximum absolute atomic E-state index is 5.88. The van der Waals surface area contributed by atoms with Crippen molar-refractivity contribution in [2.45, 2.75) is 79.3 Å². The van der Waals surface area contributed by atoms with Gasteiger partial charge in [-0.1, -0.05) is 27.7 Å². The first-order chi connectivity index (χ1) is 15.3. The molecule has 2 N–H and O–H groups in total. The number of hydrogen-bond acceptors (Lipinski definition) is 4. The quantitative estimate of drug-likeness (QED) is 0.280. The number of anilines is 2. The van der Waals surface area contributed by atoms with E-state index in [0.29, 0.717) is 23.9 Å². The van der Waals surface area contributed by atoms with Crippen LogP contribution in [0.1, 0.15) is 67.2 Å². The maximum atomic E-state index is 5.88. The third-order valence-electron chi connectivity index (χ3n) is 6.07. The lowest BCUT2D eigenvalue weighted by Crippen LogP contribution is -2.21. The summed E-state index contributed by atoms with van der Waals surface area (Å²) in [4.78, 5) is 0. The third kappa shape index (κ3) is 9.84. The normalized spacial score (nSPS) is 13.1. The van der Waals surface area contributed by atoms with Crippen molar-refractivity contribution in [2.75, 3.05) is 23.8 Å². The number of benzene rings is 2. The Bertz CT molecular complexity index is 676. The van der Waals surface area contributed by atoms with E-state index in [1.165, 1.54) is 0 Å². The van der Waals surface area contributed by atoms with Gasteiger partial charge in [-0.25, -0.2) is 0 Å². The van der Waals surface area contributed by atoms with Gasteiger partial charge in [-0.15, -0.1) is 0 Å². The van der Waals surface area contributed by atoms with Crippen LogP contribution >= 0.6 is 0 Å². The zero-order chi connectivity index (χ0) is 23.3. The van der Waals surface area contributed by atoms with Crippen LogP contribution in [0.3, 0.4) is 0 Å². The molecular formula is C28H44N2O2. The van der Waals surface area contributed by atoms with Crippen LogP contribution < -0.4 is 20.1 Å². The molecular weight excluding hydrogens is 396 g/mol. The van der Waals surface area contributed by atoms with Gasteiger partial charge >= 0.3 is 0 Å². The minimum Gasteiger partial charge on any atom is -0.494 e. The molecule has 2 aromatic rings. The monoisotopic (exact) mass is 440 g/mol. The second kappa shape index (κ2) is 13.9. The molecule has 0 saturated carbocycles. The molecule has 0 spiro atoms. The summed E-state index contributed by atoms with van der Waals surface area (Å²) in [6, 6.07) is 17.5. The van der Waals surface area contributed by atoms with Crippen LogP contribution in [0.4, 0.5) is 11.4 Å². The van der Waals surface area contributed by atoms with Crippen LogP contribution in [0.25, 0.3) is 0 Å². The van der Waals surface area contributed by atoms with E-state index in [2.05, 4.69) is 76.4 Å². The molecule has 0 fully saturated rings. The van der Waals surface area contributed by atoms with Gasteiger partial charge in [0.25, 0.3) is 0 Å². The van der Waals surface area contributed by atoms with Gasteiger partial charge in [0.15, 0.2) is 0 Å². The molecule has 0 radical (unpaired) electrons. The van der Waals surface area contributed by atoms with Crippen LogP contribution in [-0.4, -0.2) is 25.3 Å². The van der Waals surface area contributed by atoms with E-state index < -0.39 is 0 Å². The molecule has 0 aliphatic heterocycles. The summed E-state index contributed by atoms with van der Waals surface area (Å²) in [5.74, 6) is 3.10. The Hall–Kier alpha value is -2.36. The molecule has 178 valence electrons. The van der Waals surface area contributed by atoms with Gasteiger partial charge in [0.2, 0.25) is 0 Å². The van der Waals surface area contributed by atoms with Crippen LogP contribution in [0.5, 0.6) is 11.5 Å².